The fourth-order valence-corrected chi connectivity index (χ4v) is 4.35. The average Bonchev–Trinajstić information content (AvgIpc) is 2.73. The molecule has 0 aromatic heterocycles. The van der Waals surface area contributed by atoms with E-state index < -0.39 is 0 Å². The number of piperidine rings is 1. The quantitative estimate of drug-likeness (QED) is 0.702. The van der Waals surface area contributed by atoms with Crippen molar-refractivity contribution in [1.29, 1.82) is 0 Å². The molecule has 2 fully saturated rings. The Morgan fingerprint density at radius 1 is 1.04 bits per heavy atom. The van der Waals surface area contributed by atoms with Crippen LogP contribution in [0, 0.1) is 5.92 Å². The fraction of sp³-hybridized carbons (Fsp3) is 0.636. The van der Waals surface area contributed by atoms with Crippen molar-refractivity contribution < 1.29 is 14.3 Å². The number of esters is 1. The number of amides is 1. The number of nitrogens with one attached hydrogen (secondary N) is 2. The van der Waals surface area contributed by atoms with Gasteiger partial charge in [-0.05, 0) is 87.6 Å². The monoisotopic (exact) mass is 408 g/mol. The van der Waals surface area contributed by atoms with Gasteiger partial charge < -0.3 is 15.4 Å². The second-order valence-electron chi connectivity index (χ2n) is 7.95. The topological polar surface area (TPSA) is 67.4 Å². The van der Waals surface area contributed by atoms with Gasteiger partial charge in [0.05, 0.1) is 7.11 Å². The molecule has 1 aliphatic carbocycles. The van der Waals surface area contributed by atoms with Gasteiger partial charge in [-0.15, -0.1) is 12.4 Å². The summed E-state index contributed by atoms with van der Waals surface area (Å²) in [5, 5.41) is 6.58. The Kier molecular flexibility index (Phi) is 9.26. The van der Waals surface area contributed by atoms with Crippen molar-refractivity contribution >= 4 is 24.3 Å². The Balaban J connectivity index is 0.00000280. The van der Waals surface area contributed by atoms with Gasteiger partial charge in [0, 0.05) is 18.0 Å². The second-order valence-corrected chi connectivity index (χ2v) is 7.95. The highest BCUT2D eigenvalue weighted by molar-refractivity contribution is 5.94. The van der Waals surface area contributed by atoms with E-state index in [2.05, 4.69) is 22.8 Å². The second kappa shape index (κ2) is 11.4. The minimum Gasteiger partial charge on any atom is -0.469 e. The van der Waals surface area contributed by atoms with Crippen LogP contribution in [-0.4, -0.2) is 38.1 Å². The van der Waals surface area contributed by atoms with E-state index in [4.69, 9.17) is 4.74 Å². The molecule has 1 saturated carbocycles. The Bertz CT molecular complexity index is 621. The Hall–Kier alpha value is -1.59. The zero-order valence-electron chi connectivity index (χ0n) is 16.7. The predicted molar refractivity (Wildman–Crippen MR) is 113 cm³/mol. The molecule has 0 atom stereocenters. The van der Waals surface area contributed by atoms with Gasteiger partial charge in [-0.2, -0.15) is 0 Å². The van der Waals surface area contributed by atoms with Crippen molar-refractivity contribution in [3.8, 4) is 0 Å². The zero-order chi connectivity index (χ0) is 19.1. The standard InChI is InChI=1S/C22H32N2O3.ClH/c1-27-21(25)11-4-16-2-9-20(10-3-16)24-22(26)19-7-5-17(6-8-19)18-12-14-23-15-13-18;/h5-8,16,18,20,23H,2-4,9-15H2,1H3,(H,24,26);1H. The third kappa shape index (κ3) is 6.49. The van der Waals surface area contributed by atoms with E-state index in [1.807, 2.05) is 12.1 Å². The molecule has 2 N–H and O–H groups in total. The molecule has 6 heteroatoms. The molecule has 0 unspecified atom stereocenters. The third-order valence-corrected chi connectivity index (χ3v) is 6.15. The van der Waals surface area contributed by atoms with Gasteiger partial charge in [-0.3, -0.25) is 9.59 Å². The van der Waals surface area contributed by atoms with Crippen LogP contribution in [0.25, 0.3) is 0 Å². The van der Waals surface area contributed by atoms with Crippen molar-refractivity contribution in [3.05, 3.63) is 35.4 Å². The van der Waals surface area contributed by atoms with Crippen LogP contribution in [0.15, 0.2) is 24.3 Å². The molecular formula is C22H33ClN2O3. The summed E-state index contributed by atoms with van der Waals surface area (Å²) in [7, 11) is 1.44. The summed E-state index contributed by atoms with van der Waals surface area (Å²) in [4.78, 5) is 23.8. The maximum atomic E-state index is 12.6. The van der Waals surface area contributed by atoms with Gasteiger partial charge in [0.2, 0.25) is 0 Å². The molecule has 0 bridgehead atoms. The molecule has 0 spiro atoms. The maximum Gasteiger partial charge on any atom is 0.305 e. The summed E-state index contributed by atoms with van der Waals surface area (Å²) in [6.45, 7) is 2.16. The fourth-order valence-electron chi connectivity index (χ4n) is 4.35. The molecular weight excluding hydrogens is 376 g/mol. The number of hydrogen-bond donors (Lipinski definition) is 2. The molecule has 2 aliphatic rings. The molecule has 1 heterocycles. The first kappa shape index (κ1) is 22.7. The van der Waals surface area contributed by atoms with Gasteiger partial charge in [-0.1, -0.05) is 12.1 Å². The SMILES string of the molecule is COC(=O)CCC1CCC(NC(=O)c2ccc(C3CCNCC3)cc2)CC1.Cl. The van der Waals surface area contributed by atoms with E-state index in [0.29, 0.717) is 18.3 Å². The highest BCUT2D eigenvalue weighted by Gasteiger charge is 2.23. The van der Waals surface area contributed by atoms with Crippen LogP contribution in [-0.2, 0) is 9.53 Å². The van der Waals surface area contributed by atoms with E-state index >= 15 is 0 Å². The molecule has 0 radical (unpaired) electrons. The van der Waals surface area contributed by atoms with E-state index in [-0.39, 0.29) is 30.3 Å². The summed E-state index contributed by atoms with van der Waals surface area (Å²) in [5.41, 5.74) is 2.10. The largest absolute Gasteiger partial charge is 0.469 e. The van der Waals surface area contributed by atoms with Gasteiger partial charge >= 0.3 is 5.97 Å². The first-order valence-corrected chi connectivity index (χ1v) is 10.3. The Morgan fingerprint density at radius 2 is 1.68 bits per heavy atom. The van der Waals surface area contributed by atoms with Crippen molar-refractivity contribution in [1.82, 2.24) is 10.6 Å². The lowest BCUT2D eigenvalue weighted by atomic mass is 9.83. The molecule has 1 aliphatic heterocycles. The third-order valence-electron chi connectivity index (χ3n) is 6.15. The van der Waals surface area contributed by atoms with Crippen LogP contribution in [0.1, 0.15) is 73.2 Å². The highest BCUT2D eigenvalue weighted by atomic mass is 35.5. The number of carbonyl (C=O) groups is 2. The number of hydrogen-bond acceptors (Lipinski definition) is 4. The van der Waals surface area contributed by atoms with E-state index in [0.717, 1.165) is 50.8 Å². The number of ether oxygens (including phenoxy) is 1. The molecule has 1 aromatic carbocycles. The lowest BCUT2D eigenvalue weighted by molar-refractivity contribution is -0.141. The predicted octanol–water partition coefficient (Wildman–Crippen LogP) is 3.82. The van der Waals surface area contributed by atoms with Crippen LogP contribution < -0.4 is 10.6 Å². The van der Waals surface area contributed by atoms with Gasteiger partial charge in [0.25, 0.3) is 5.91 Å². The molecule has 3 rings (SSSR count). The summed E-state index contributed by atoms with van der Waals surface area (Å²) in [6.07, 6.45) is 7.85. The summed E-state index contributed by atoms with van der Waals surface area (Å²) < 4.78 is 4.71. The van der Waals surface area contributed by atoms with Gasteiger partial charge in [-0.25, -0.2) is 0 Å². The molecule has 28 heavy (non-hydrogen) atoms. The summed E-state index contributed by atoms with van der Waals surface area (Å²) in [5.74, 6) is 1.09. The number of halogens is 1. The van der Waals surface area contributed by atoms with Crippen LogP contribution >= 0.6 is 12.4 Å². The van der Waals surface area contributed by atoms with Crippen molar-refractivity contribution in [2.24, 2.45) is 5.92 Å². The first-order valence-electron chi connectivity index (χ1n) is 10.3. The first-order chi connectivity index (χ1) is 13.2. The van der Waals surface area contributed by atoms with Crippen LogP contribution in [0.2, 0.25) is 0 Å². The average molecular weight is 409 g/mol. The Morgan fingerprint density at radius 3 is 2.29 bits per heavy atom. The number of methoxy groups -OCH3 is 1. The van der Waals surface area contributed by atoms with E-state index in [1.165, 1.54) is 25.5 Å². The van der Waals surface area contributed by atoms with Crippen molar-refractivity contribution in [2.75, 3.05) is 20.2 Å². The minimum atomic E-state index is -0.127. The van der Waals surface area contributed by atoms with Crippen LogP contribution in [0.3, 0.4) is 0 Å². The highest BCUT2D eigenvalue weighted by Crippen LogP contribution is 2.28. The normalized spacial score (nSPS) is 22.8. The Labute approximate surface area is 174 Å². The van der Waals surface area contributed by atoms with Crippen LogP contribution in [0.5, 0.6) is 0 Å². The zero-order valence-corrected chi connectivity index (χ0v) is 17.6. The minimum absolute atomic E-state index is 0. The van der Waals surface area contributed by atoms with Gasteiger partial charge in [0.1, 0.15) is 0 Å². The number of rotatable bonds is 6. The summed E-state index contributed by atoms with van der Waals surface area (Å²) in [6, 6.07) is 8.42. The molecule has 1 saturated heterocycles. The van der Waals surface area contributed by atoms with E-state index in [9.17, 15) is 9.59 Å². The lowest BCUT2D eigenvalue weighted by Crippen LogP contribution is -2.37. The molecule has 1 aromatic rings. The smallest absolute Gasteiger partial charge is 0.305 e. The van der Waals surface area contributed by atoms with Gasteiger partial charge in [0.15, 0.2) is 0 Å². The van der Waals surface area contributed by atoms with Crippen molar-refractivity contribution in [2.45, 2.75) is 63.3 Å². The van der Waals surface area contributed by atoms with Crippen molar-refractivity contribution in [3.63, 3.8) is 0 Å². The number of carbonyl (C=O) groups excluding carboxylic acids is 2. The number of benzene rings is 1. The molecule has 1 amide bonds. The summed E-state index contributed by atoms with van der Waals surface area (Å²) >= 11 is 0. The lowest BCUT2D eigenvalue weighted by Gasteiger charge is -2.29. The molecule has 5 nitrogen and oxygen atoms in total. The maximum absolute atomic E-state index is 12.6. The molecule has 156 valence electrons. The van der Waals surface area contributed by atoms with Crippen LogP contribution in [0.4, 0.5) is 0 Å². The van der Waals surface area contributed by atoms with E-state index in [1.54, 1.807) is 0 Å².